The maximum Gasteiger partial charge on any atom is 0.345 e. The molecule has 1 fully saturated rings. The minimum absolute atomic E-state index is 0.402. The summed E-state index contributed by atoms with van der Waals surface area (Å²) < 4.78 is 0.402. The molecule has 2 rings (SSSR count). The molecule has 106 valence electrons. The zero-order valence-corrected chi connectivity index (χ0v) is 13.1. The van der Waals surface area contributed by atoms with Crippen LogP contribution in [-0.2, 0) is 6.54 Å². The van der Waals surface area contributed by atoms with E-state index in [-0.39, 0.29) is 0 Å². The van der Waals surface area contributed by atoms with Crippen molar-refractivity contribution in [3.8, 4) is 0 Å². The van der Waals surface area contributed by atoms with Crippen LogP contribution in [0.2, 0.25) is 0 Å². The highest BCUT2D eigenvalue weighted by Crippen LogP contribution is 2.39. The molecule has 0 atom stereocenters. The fourth-order valence-electron chi connectivity index (χ4n) is 2.70. The summed E-state index contributed by atoms with van der Waals surface area (Å²) >= 11 is 3.34. The largest absolute Gasteiger partial charge is 0.477 e. The zero-order valence-electron chi connectivity index (χ0n) is 11.5. The number of carboxylic acid groups (broad SMARTS) is 1. The van der Waals surface area contributed by atoms with Gasteiger partial charge in [-0.05, 0) is 37.7 Å². The molecule has 0 amide bonds. The van der Waals surface area contributed by atoms with Gasteiger partial charge < -0.3 is 10.4 Å². The van der Waals surface area contributed by atoms with E-state index in [1.54, 1.807) is 6.07 Å². The van der Waals surface area contributed by atoms with E-state index in [2.05, 4.69) is 11.6 Å². The Morgan fingerprint density at radius 1 is 1.53 bits per heavy atom. The number of carbonyl (C=O) groups is 1. The number of aromatic carboxylic acids is 1. The Labute approximate surface area is 122 Å². The Hall–Kier alpha value is -0.520. The van der Waals surface area contributed by atoms with Crippen molar-refractivity contribution >= 4 is 29.1 Å². The van der Waals surface area contributed by atoms with E-state index in [1.807, 2.05) is 18.7 Å². The minimum Gasteiger partial charge on any atom is -0.477 e. The Morgan fingerprint density at radius 2 is 2.21 bits per heavy atom. The molecule has 1 heterocycles. The highest BCUT2D eigenvalue weighted by molar-refractivity contribution is 8.00. The van der Waals surface area contributed by atoms with Crippen molar-refractivity contribution < 1.29 is 9.90 Å². The molecule has 1 aromatic rings. The summed E-state index contributed by atoms with van der Waals surface area (Å²) in [6, 6.07) is 1.80. The van der Waals surface area contributed by atoms with Gasteiger partial charge in [0.25, 0.3) is 0 Å². The number of hydrogen-bond donors (Lipinski definition) is 2. The topological polar surface area (TPSA) is 49.3 Å². The van der Waals surface area contributed by atoms with Gasteiger partial charge in [0.05, 0.1) is 0 Å². The molecule has 0 radical (unpaired) electrons. The van der Waals surface area contributed by atoms with Gasteiger partial charge in [0.1, 0.15) is 4.88 Å². The van der Waals surface area contributed by atoms with Gasteiger partial charge in [-0.3, -0.25) is 0 Å². The van der Waals surface area contributed by atoms with Crippen molar-refractivity contribution in [1.29, 1.82) is 0 Å². The molecule has 1 saturated carbocycles. The van der Waals surface area contributed by atoms with Crippen molar-refractivity contribution in [2.75, 3.05) is 12.8 Å². The smallest absolute Gasteiger partial charge is 0.345 e. The van der Waals surface area contributed by atoms with Gasteiger partial charge in [-0.15, -0.1) is 11.3 Å². The van der Waals surface area contributed by atoms with Crippen molar-refractivity contribution in [1.82, 2.24) is 5.32 Å². The van der Waals surface area contributed by atoms with Crippen LogP contribution in [0.15, 0.2) is 6.07 Å². The van der Waals surface area contributed by atoms with Gasteiger partial charge in [0.15, 0.2) is 0 Å². The predicted molar refractivity (Wildman–Crippen MR) is 82.4 cm³/mol. The third kappa shape index (κ3) is 3.52. The van der Waals surface area contributed by atoms with Gasteiger partial charge in [-0.25, -0.2) is 4.79 Å². The first-order valence-corrected chi connectivity index (χ1v) is 8.69. The molecule has 0 spiro atoms. The second kappa shape index (κ2) is 6.29. The fraction of sp³-hybridized carbons (Fsp3) is 0.643. The number of hydrogen-bond acceptors (Lipinski definition) is 4. The van der Waals surface area contributed by atoms with Crippen LogP contribution in [0.3, 0.4) is 0 Å². The standard InChI is InChI=1S/C14H21NO2S2/c1-10-11(7-12(19-10)13(16)17)8-15-9-14(18-2)5-3-4-6-14/h7,15H,3-6,8-9H2,1-2H3,(H,16,17). The number of thioether (sulfide) groups is 1. The van der Waals surface area contributed by atoms with E-state index in [0.717, 1.165) is 23.5 Å². The quantitative estimate of drug-likeness (QED) is 0.844. The molecular formula is C14H21NO2S2. The third-order valence-corrected chi connectivity index (χ3v) is 6.44. The normalized spacial score (nSPS) is 17.8. The van der Waals surface area contributed by atoms with Crippen LogP contribution in [0.1, 0.15) is 45.8 Å². The number of aryl methyl sites for hydroxylation is 1. The molecule has 1 aromatic heterocycles. The average molecular weight is 299 g/mol. The van der Waals surface area contributed by atoms with Crippen LogP contribution >= 0.6 is 23.1 Å². The molecule has 1 aliphatic carbocycles. The van der Waals surface area contributed by atoms with E-state index in [9.17, 15) is 4.79 Å². The van der Waals surface area contributed by atoms with Gasteiger partial charge >= 0.3 is 5.97 Å². The zero-order chi connectivity index (χ0) is 13.9. The number of rotatable bonds is 6. The summed E-state index contributed by atoms with van der Waals surface area (Å²) in [7, 11) is 0. The minimum atomic E-state index is -0.823. The fourth-order valence-corrected chi connectivity index (χ4v) is 4.52. The lowest BCUT2D eigenvalue weighted by Crippen LogP contribution is -2.34. The van der Waals surface area contributed by atoms with E-state index < -0.39 is 5.97 Å². The summed E-state index contributed by atoms with van der Waals surface area (Å²) in [6.07, 6.45) is 7.46. The van der Waals surface area contributed by atoms with Crippen LogP contribution in [0, 0.1) is 6.92 Å². The maximum absolute atomic E-state index is 10.9. The number of carboxylic acids is 1. The van der Waals surface area contributed by atoms with E-state index >= 15 is 0 Å². The summed E-state index contributed by atoms with van der Waals surface area (Å²) in [5.41, 5.74) is 1.12. The molecule has 0 saturated heterocycles. The Bertz CT molecular complexity index is 450. The summed E-state index contributed by atoms with van der Waals surface area (Å²) in [6.45, 7) is 3.79. The molecule has 3 nitrogen and oxygen atoms in total. The molecule has 0 unspecified atom stereocenters. The van der Waals surface area contributed by atoms with Crippen LogP contribution in [0.4, 0.5) is 0 Å². The van der Waals surface area contributed by atoms with E-state index in [0.29, 0.717) is 9.62 Å². The lowest BCUT2D eigenvalue weighted by Gasteiger charge is -2.27. The number of thiophene rings is 1. The monoisotopic (exact) mass is 299 g/mol. The van der Waals surface area contributed by atoms with Crippen molar-refractivity contribution in [3.05, 3.63) is 21.4 Å². The Morgan fingerprint density at radius 3 is 2.74 bits per heavy atom. The lowest BCUT2D eigenvalue weighted by molar-refractivity contribution is 0.0702. The highest BCUT2D eigenvalue weighted by atomic mass is 32.2. The molecule has 0 aromatic carbocycles. The second-order valence-electron chi connectivity index (χ2n) is 5.20. The molecular weight excluding hydrogens is 278 g/mol. The van der Waals surface area contributed by atoms with Crippen LogP contribution < -0.4 is 5.32 Å². The first-order chi connectivity index (χ1) is 9.06. The van der Waals surface area contributed by atoms with Crippen molar-refractivity contribution in [3.63, 3.8) is 0 Å². The third-order valence-electron chi connectivity index (χ3n) is 3.94. The molecule has 1 aliphatic rings. The molecule has 2 N–H and O–H groups in total. The lowest BCUT2D eigenvalue weighted by atomic mass is 10.1. The van der Waals surface area contributed by atoms with Crippen molar-refractivity contribution in [2.45, 2.75) is 43.9 Å². The SMILES string of the molecule is CSC1(CNCc2cc(C(=O)O)sc2C)CCCC1. The molecule has 5 heteroatoms. The van der Waals surface area contributed by atoms with Crippen LogP contribution in [0.5, 0.6) is 0 Å². The van der Waals surface area contributed by atoms with Crippen LogP contribution in [-0.4, -0.2) is 28.6 Å². The number of nitrogens with one attached hydrogen (secondary N) is 1. The average Bonchev–Trinajstić information content (AvgIpc) is 2.98. The highest BCUT2D eigenvalue weighted by Gasteiger charge is 2.32. The summed E-state index contributed by atoms with van der Waals surface area (Å²) in [5.74, 6) is -0.823. The van der Waals surface area contributed by atoms with Crippen LogP contribution in [0.25, 0.3) is 0 Å². The first-order valence-electron chi connectivity index (χ1n) is 6.65. The van der Waals surface area contributed by atoms with Gasteiger partial charge in [0.2, 0.25) is 0 Å². The molecule has 19 heavy (non-hydrogen) atoms. The van der Waals surface area contributed by atoms with Gasteiger partial charge in [0, 0.05) is 22.7 Å². The van der Waals surface area contributed by atoms with Gasteiger partial charge in [-0.2, -0.15) is 11.8 Å². The molecule has 0 aliphatic heterocycles. The summed E-state index contributed by atoms with van der Waals surface area (Å²) in [4.78, 5) is 12.5. The van der Waals surface area contributed by atoms with Crippen molar-refractivity contribution in [2.24, 2.45) is 0 Å². The van der Waals surface area contributed by atoms with E-state index in [1.165, 1.54) is 37.0 Å². The Kier molecular flexibility index (Phi) is 4.92. The predicted octanol–water partition coefficient (Wildman–Crippen LogP) is 3.52. The summed E-state index contributed by atoms with van der Waals surface area (Å²) in [5, 5.41) is 12.5. The van der Waals surface area contributed by atoms with E-state index in [4.69, 9.17) is 5.11 Å². The second-order valence-corrected chi connectivity index (χ2v) is 7.73. The van der Waals surface area contributed by atoms with Gasteiger partial charge in [-0.1, -0.05) is 12.8 Å². The maximum atomic E-state index is 10.9. The molecule has 0 bridgehead atoms. The Balaban J connectivity index is 1.90. The first kappa shape index (κ1) is 14.9.